The SMILES string of the molecule is C[C@H]1[C@H](C)CC[C@]2(C(=O)O)CC[C@]3(C)C(=CC[C@@H]4[C@@]5(C)[C@@H](O)C[C@H](O)C(C)(C)[C@@H]5CC[C@]43C)[C@H]12. The molecule has 11 atom stereocenters. The summed E-state index contributed by atoms with van der Waals surface area (Å²) in [7, 11) is 0. The molecule has 0 saturated heterocycles. The normalized spacial score (nSPS) is 56.3. The third kappa shape index (κ3) is 2.71. The molecule has 4 saturated carbocycles. The van der Waals surface area contributed by atoms with Crippen LogP contribution >= 0.6 is 0 Å². The van der Waals surface area contributed by atoms with Crippen LogP contribution in [0.5, 0.6) is 0 Å². The minimum atomic E-state index is -0.613. The number of carbonyl (C=O) groups is 1. The van der Waals surface area contributed by atoms with Gasteiger partial charge in [-0.25, -0.2) is 0 Å². The van der Waals surface area contributed by atoms with E-state index in [0.717, 1.165) is 44.9 Å². The van der Waals surface area contributed by atoms with Crippen molar-refractivity contribution in [2.45, 2.75) is 112 Å². The van der Waals surface area contributed by atoms with Crippen molar-refractivity contribution in [2.24, 2.45) is 56.7 Å². The van der Waals surface area contributed by atoms with Gasteiger partial charge in [0.1, 0.15) is 0 Å². The number of aliphatic hydroxyl groups excluding tert-OH is 2. The van der Waals surface area contributed by atoms with Crippen molar-refractivity contribution < 1.29 is 20.1 Å². The second-order valence-corrected chi connectivity index (χ2v) is 14.6. The highest BCUT2D eigenvalue weighted by Crippen LogP contribution is 2.75. The van der Waals surface area contributed by atoms with Gasteiger partial charge in [0.2, 0.25) is 0 Å². The van der Waals surface area contributed by atoms with Gasteiger partial charge in [-0.15, -0.1) is 0 Å². The first-order valence-electron chi connectivity index (χ1n) is 14.0. The highest BCUT2D eigenvalue weighted by molar-refractivity contribution is 5.76. The maximum atomic E-state index is 12.8. The third-order valence-electron chi connectivity index (χ3n) is 13.5. The van der Waals surface area contributed by atoms with Gasteiger partial charge in [-0.2, -0.15) is 0 Å². The molecule has 0 bridgehead atoms. The van der Waals surface area contributed by atoms with Gasteiger partial charge in [-0.05, 0) is 90.8 Å². The molecule has 192 valence electrons. The predicted molar refractivity (Wildman–Crippen MR) is 134 cm³/mol. The first-order chi connectivity index (χ1) is 15.7. The van der Waals surface area contributed by atoms with Crippen LogP contribution in [0.25, 0.3) is 0 Å². The first-order valence-corrected chi connectivity index (χ1v) is 14.0. The van der Waals surface area contributed by atoms with Crippen molar-refractivity contribution in [1.82, 2.24) is 0 Å². The summed E-state index contributed by atoms with van der Waals surface area (Å²) in [5.74, 6) is 1.07. The lowest BCUT2D eigenvalue weighted by Crippen LogP contribution is -2.68. The summed E-state index contributed by atoms with van der Waals surface area (Å²) in [5, 5.41) is 32.9. The zero-order chi connectivity index (χ0) is 25.1. The van der Waals surface area contributed by atoms with Gasteiger partial charge >= 0.3 is 5.97 Å². The van der Waals surface area contributed by atoms with E-state index in [4.69, 9.17) is 0 Å². The quantitative estimate of drug-likeness (QED) is 0.405. The van der Waals surface area contributed by atoms with E-state index in [2.05, 4.69) is 54.5 Å². The number of carboxylic acids is 1. The van der Waals surface area contributed by atoms with Crippen LogP contribution in [0.15, 0.2) is 11.6 Å². The van der Waals surface area contributed by atoms with E-state index in [1.165, 1.54) is 5.57 Å². The molecule has 0 aromatic rings. The summed E-state index contributed by atoms with van der Waals surface area (Å²) in [4.78, 5) is 12.8. The Hall–Kier alpha value is -0.870. The van der Waals surface area contributed by atoms with Crippen LogP contribution in [-0.4, -0.2) is 33.5 Å². The zero-order valence-corrected chi connectivity index (χ0v) is 22.5. The minimum absolute atomic E-state index is 0.0206. The van der Waals surface area contributed by atoms with Crippen molar-refractivity contribution in [3.8, 4) is 0 Å². The van der Waals surface area contributed by atoms with Crippen LogP contribution in [0.1, 0.15) is 99.8 Å². The number of hydrogen-bond donors (Lipinski definition) is 3. The summed E-state index contributed by atoms with van der Waals surface area (Å²) in [6.07, 6.45) is 8.49. The Morgan fingerprint density at radius 2 is 1.59 bits per heavy atom. The monoisotopic (exact) mass is 472 g/mol. The summed E-state index contributed by atoms with van der Waals surface area (Å²) in [6, 6.07) is 0. The van der Waals surface area contributed by atoms with E-state index in [1.54, 1.807) is 0 Å². The van der Waals surface area contributed by atoms with Crippen LogP contribution in [0.3, 0.4) is 0 Å². The minimum Gasteiger partial charge on any atom is -0.481 e. The summed E-state index contributed by atoms with van der Waals surface area (Å²) >= 11 is 0. The summed E-state index contributed by atoms with van der Waals surface area (Å²) < 4.78 is 0. The Morgan fingerprint density at radius 1 is 0.912 bits per heavy atom. The molecule has 0 unspecified atom stereocenters. The number of aliphatic carboxylic acids is 1. The van der Waals surface area contributed by atoms with Crippen LogP contribution in [0, 0.1) is 56.7 Å². The molecule has 0 amide bonds. The molecule has 34 heavy (non-hydrogen) atoms. The molecule has 0 aliphatic heterocycles. The maximum Gasteiger partial charge on any atom is 0.310 e. The smallest absolute Gasteiger partial charge is 0.310 e. The van der Waals surface area contributed by atoms with E-state index in [1.807, 2.05) is 0 Å². The Morgan fingerprint density at radius 3 is 2.24 bits per heavy atom. The number of hydrogen-bond acceptors (Lipinski definition) is 3. The maximum absolute atomic E-state index is 12.8. The molecular formula is C30H48O4. The Kier molecular flexibility index (Phi) is 5.36. The second kappa shape index (κ2) is 7.34. The summed E-state index contributed by atoms with van der Waals surface area (Å²) in [6.45, 7) is 16.3. The fraction of sp³-hybridized carbons (Fsp3) is 0.900. The molecule has 5 aliphatic carbocycles. The standard InChI is InChI=1S/C30H48O4/c1-17-10-13-30(25(33)34)15-14-27(5)19(24(30)18(17)2)8-9-21-28(27,6)12-11-20-26(3,4)22(31)16-23(32)29(20,21)7/h8,17-18,20-24,31-32H,9-16H2,1-7H3,(H,33,34)/t17-,18+,20+,21+,22+,23+,24+,27-,28-,29+,30+/m1/s1. The van der Waals surface area contributed by atoms with Gasteiger partial charge in [0, 0.05) is 11.8 Å². The molecule has 5 rings (SSSR count). The Balaban J connectivity index is 1.63. The molecule has 4 heteroatoms. The lowest BCUT2D eigenvalue weighted by molar-refractivity contribution is -0.244. The van der Waals surface area contributed by atoms with Gasteiger partial charge in [-0.1, -0.05) is 60.1 Å². The second-order valence-electron chi connectivity index (χ2n) is 14.6. The molecule has 0 radical (unpaired) electrons. The van der Waals surface area contributed by atoms with E-state index >= 15 is 0 Å². The van der Waals surface area contributed by atoms with Crippen LogP contribution in [0.4, 0.5) is 0 Å². The van der Waals surface area contributed by atoms with E-state index in [-0.39, 0.29) is 33.5 Å². The molecular weight excluding hydrogens is 424 g/mol. The van der Waals surface area contributed by atoms with E-state index in [9.17, 15) is 20.1 Å². The largest absolute Gasteiger partial charge is 0.481 e. The number of carboxylic acid groups (broad SMARTS) is 1. The summed E-state index contributed by atoms with van der Waals surface area (Å²) in [5.41, 5.74) is 0.348. The number of aliphatic hydroxyl groups is 2. The van der Waals surface area contributed by atoms with Gasteiger partial charge in [0.15, 0.2) is 0 Å². The zero-order valence-electron chi connectivity index (χ0n) is 22.5. The molecule has 4 nitrogen and oxygen atoms in total. The fourth-order valence-corrected chi connectivity index (χ4v) is 10.8. The third-order valence-corrected chi connectivity index (χ3v) is 13.5. The average molecular weight is 473 g/mol. The molecule has 0 aromatic heterocycles. The van der Waals surface area contributed by atoms with Crippen LogP contribution in [0.2, 0.25) is 0 Å². The Bertz CT molecular complexity index is 907. The molecule has 5 aliphatic rings. The molecule has 0 aromatic carbocycles. The highest BCUT2D eigenvalue weighted by atomic mass is 16.4. The van der Waals surface area contributed by atoms with Crippen molar-refractivity contribution >= 4 is 5.97 Å². The van der Waals surface area contributed by atoms with Gasteiger partial charge in [0.05, 0.1) is 17.6 Å². The topological polar surface area (TPSA) is 77.8 Å². The Labute approximate surface area is 206 Å². The van der Waals surface area contributed by atoms with Gasteiger partial charge in [0.25, 0.3) is 0 Å². The van der Waals surface area contributed by atoms with Crippen molar-refractivity contribution in [3.63, 3.8) is 0 Å². The van der Waals surface area contributed by atoms with E-state index in [0.29, 0.717) is 24.2 Å². The van der Waals surface area contributed by atoms with Crippen molar-refractivity contribution in [3.05, 3.63) is 11.6 Å². The number of allylic oxidation sites excluding steroid dienone is 2. The molecule has 4 fully saturated rings. The first kappa shape index (κ1) is 24.8. The van der Waals surface area contributed by atoms with E-state index < -0.39 is 23.6 Å². The van der Waals surface area contributed by atoms with Crippen molar-refractivity contribution in [1.29, 1.82) is 0 Å². The molecule has 0 spiro atoms. The van der Waals surface area contributed by atoms with Crippen LogP contribution < -0.4 is 0 Å². The lowest BCUT2D eigenvalue weighted by atomic mass is 9.33. The molecule has 0 heterocycles. The molecule has 3 N–H and O–H groups in total. The number of rotatable bonds is 1. The number of fused-ring (bicyclic) bond motifs is 7. The van der Waals surface area contributed by atoms with Crippen LogP contribution in [-0.2, 0) is 4.79 Å². The van der Waals surface area contributed by atoms with Gasteiger partial charge < -0.3 is 15.3 Å². The lowest BCUT2D eigenvalue weighted by Gasteiger charge is -2.72. The average Bonchev–Trinajstić information content (AvgIpc) is 2.75. The predicted octanol–water partition coefficient (Wildman–Crippen LogP) is 6.06. The van der Waals surface area contributed by atoms with Crippen molar-refractivity contribution in [2.75, 3.05) is 0 Å². The van der Waals surface area contributed by atoms with Gasteiger partial charge in [-0.3, -0.25) is 4.79 Å². The highest BCUT2D eigenvalue weighted by Gasteiger charge is 2.71. The fourth-order valence-electron chi connectivity index (χ4n) is 10.8.